The van der Waals surface area contributed by atoms with Crippen LogP contribution in [0, 0.1) is 13.8 Å². The zero-order chi connectivity index (χ0) is 12.1. The van der Waals surface area contributed by atoms with E-state index in [4.69, 9.17) is 27.9 Å². The Hall–Kier alpha value is -0.440. The molecule has 1 rings (SSSR count). The number of rotatable bonds is 5. The molecule has 0 aromatic heterocycles. The second-order valence-corrected chi connectivity index (χ2v) is 4.57. The summed E-state index contributed by atoms with van der Waals surface area (Å²) in [6.45, 7) is 4.11. The van der Waals surface area contributed by atoms with Crippen LogP contribution in [0.15, 0.2) is 12.1 Å². The molecule has 0 amide bonds. The van der Waals surface area contributed by atoms with Crippen molar-refractivity contribution < 1.29 is 9.84 Å². The van der Waals surface area contributed by atoms with E-state index in [2.05, 4.69) is 0 Å². The van der Waals surface area contributed by atoms with Gasteiger partial charge in [-0.05, 0) is 43.5 Å². The highest BCUT2D eigenvalue weighted by Gasteiger charge is 2.07. The van der Waals surface area contributed by atoms with Crippen molar-refractivity contribution in [3.8, 4) is 5.75 Å². The third-order valence-electron chi connectivity index (χ3n) is 2.29. The molecule has 1 atom stereocenters. The first-order valence-electron chi connectivity index (χ1n) is 5.18. The van der Waals surface area contributed by atoms with Crippen LogP contribution in [0.4, 0.5) is 0 Å². The van der Waals surface area contributed by atoms with E-state index in [9.17, 15) is 5.11 Å². The van der Waals surface area contributed by atoms with Crippen LogP contribution < -0.4 is 4.74 Å². The molecular weight excluding hydrogens is 247 g/mol. The van der Waals surface area contributed by atoms with Gasteiger partial charge in [0.1, 0.15) is 12.4 Å². The fraction of sp³-hybridized carbons (Fsp3) is 0.500. The monoisotopic (exact) mass is 262 g/mol. The van der Waals surface area contributed by atoms with E-state index in [0.717, 1.165) is 21.9 Å². The maximum atomic E-state index is 9.47. The van der Waals surface area contributed by atoms with Gasteiger partial charge in [-0.2, -0.15) is 0 Å². The molecule has 1 aromatic rings. The predicted octanol–water partition coefficient (Wildman–Crippen LogP) is 3.33. The molecule has 0 spiro atoms. The highest BCUT2D eigenvalue weighted by Crippen LogP contribution is 2.25. The van der Waals surface area contributed by atoms with E-state index in [1.165, 1.54) is 0 Å². The third kappa shape index (κ3) is 3.85. The Kier molecular flexibility index (Phi) is 5.39. The smallest absolute Gasteiger partial charge is 0.120 e. The third-order valence-corrected chi connectivity index (χ3v) is 3.11. The van der Waals surface area contributed by atoms with Crippen LogP contribution in [0.5, 0.6) is 5.75 Å². The summed E-state index contributed by atoms with van der Waals surface area (Å²) in [6.07, 6.45) is 0.0152. The summed E-state index contributed by atoms with van der Waals surface area (Å²) in [5.41, 5.74) is 1.95. The van der Waals surface area contributed by atoms with E-state index in [-0.39, 0.29) is 6.61 Å². The maximum absolute atomic E-state index is 9.47. The Labute approximate surface area is 106 Å². The highest BCUT2D eigenvalue weighted by atomic mass is 35.5. The average Bonchev–Trinajstić information content (AvgIpc) is 2.23. The topological polar surface area (TPSA) is 29.5 Å². The minimum atomic E-state index is -0.520. The van der Waals surface area contributed by atoms with Gasteiger partial charge in [-0.1, -0.05) is 11.6 Å². The molecule has 0 bridgehead atoms. The van der Waals surface area contributed by atoms with E-state index in [1.807, 2.05) is 26.0 Å². The molecule has 0 aliphatic rings. The first kappa shape index (κ1) is 13.6. The summed E-state index contributed by atoms with van der Waals surface area (Å²) in [7, 11) is 0. The molecule has 1 unspecified atom stereocenters. The molecule has 0 saturated carbocycles. The van der Waals surface area contributed by atoms with Crippen LogP contribution in [-0.4, -0.2) is 23.7 Å². The Morgan fingerprint density at radius 3 is 2.38 bits per heavy atom. The Bertz CT molecular complexity index is 330. The lowest BCUT2D eigenvalue weighted by Crippen LogP contribution is -2.17. The lowest BCUT2D eigenvalue weighted by Gasteiger charge is -2.13. The molecule has 16 heavy (non-hydrogen) atoms. The van der Waals surface area contributed by atoms with Gasteiger partial charge in [0.05, 0.1) is 6.10 Å². The van der Waals surface area contributed by atoms with Gasteiger partial charge in [0, 0.05) is 10.9 Å². The predicted molar refractivity (Wildman–Crippen MR) is 67.8 cm³/mol. The van der Waals surface area contributed by atoms with Gasteiger partial charge < -0.3 is 9.84 Å². The summed E-state index contributed by atoms with van der Waals surface area (Å²) < 4.78 is 5.47. The Balaban J connectivity index is 2.61. The van der Waals surface area contributed by atoms with Gasteiger partial charge in [-0.15, -0.1) is 11.6 Å². The molecule has 0 aliphatic carbocycles. The normalized spacial score (nSPS) is 12.6. The molecule has 1 N–H and O–H groups in total. The zero-order valence-electron chi connectivity index (χ0n) is 9.46. The summed E-state index contributed by atoms with van der Waals surface area (Å²) in [6, 6.07) is 3.73. The second-order valence-electron chi connectivity index (χ2n) is 3.81. The van der Waals surface area contributed by atoms with Crippen LogP contribution in [0.25, 0.3) is 0 Å². The Morgan fingerprint density at radius 2 is 1.88 bits per heavy atom. The van der Waals surface area contributed by atoms with Crippen LogP contribution in [-0.2, 0) is 0 Å². The number of aliphatic hydroxyl groups is 1. The lowest BCUT2D eigenvalue weighted by molar-refractivity contribution is 0.105. The first-order chi connectivity index (χ1) is 7.54. The second kappa shape index (κ2) is 6.33. The van der Waals surface area contributed by atoms with Crippen molar-refractivity contribution in [2.75, 3.05) is 12.5 Å². The maximum Gasteiger partial charge on any atom is 0.120 e. The fourth-order valence-corrected chi connectivity index (χ4v) is 1.75. The molecule has 2 nitrogen and oxygen atoms in total. The number of benzene rings is 1. The molecule has 4 heteroatoms. The summed E-state index contributed by atoms with van der Waals surface area (Å²) in [4.78, 5) is 0. The minimum absolute atomic E-state index is 0.257. The molecule has 0 heterocycles. The van der Waals surface area contributed by atoms with Crippen LogP contribution in [0.1, 0.15) is 17.5 Å². The fourth-order valence-electron chi connectivity index (χ4n) is 1.39. The SMILES string of the molecule is Cc1cc(OCC(O)CCCl)cc(C)c1Cl. The molecule has 0 aliphatic heterocycles. The molecule has 0 radical (unpaired) electrons. The van der Waals surface area contributed by atoms with Crippen LogP contribution in [0.3, 0.4) is 0 Å². The van der Waals surface area contributed by atoms with Gasteiger partial charge in [-0.3, -0.25) is 0 Å². The van der Waals surface area contributed by atoms with E-state index in [1.54, 1.807) is 0 Å². The number of hydrogen-bond donors (Lipinski definition) is 1. The van der Waals surface area contributed by atoms with Crippen molar-refractivity contribution in [2.24, 2.45) is 0 Å². The van der Waals surface area contributed by atoms with E-state index >= 15 is 0 Å². The van der Waals surface area contributed by atoms with Crippen molar-refractivity contribution in [2.45, 2.75) is 26.4 Å². The molecule has 90 valence electrons. The van der Waals surface area contributed by atoms with Gasteiger partial charge >= 0.3 is 0 Å². The molecule has 0 saturated heterocycles. The van der Waals surface area contributed by atoms with Crippen molar-refractivity contribution in [1.82, 2.24) is 0 Å². The number of aryl methyl sites for hydroxylation is 2. The molecule has 0 fully saturated rings. The number of hydrogen-bond acceptors (Lipinski definition) is 2. The number of ether oxygens (including phenoxy) is 1. The highest BCUT2D eigenvalue weighted by molar-refractivity contribution is 6.32. The van der Waals surface area contributed by atoms with E-state index in [0.29, 0.717) is 12.3 Å². The van der Waals surface area contributed by atoms with Crippen LogP contribution in [0.2, 0.25) is 5.02 Å². The van der Waals surface area contributed by atoms with Crippen molar-refractivity contribution in [3.05, 3.63) is 28.3 Å². The first-order valence-corrected chi connectivity index (χ1v) is 6.09. The average molecular weight is 263 g/mol. The Morgan fingerprint density at radius 1 is 1.31 bits per heavy atom. The van der Waals surface area contributed by atoms with E-state index < -0.39 is 6.10 Å². The van der Waals surface area contributed by atoms with Gasteiger partial charge in [0.25, 0.3) is 0 Å². The number of halogens is 2. The van der Waals surface area contributed by atoms with Crippen molar-refractivity contribution >= 4 is 23.2 Å². The summed E-state index contributed by atoms with van der Waals surface area (Å²) in [5, 5.41) is 10.2. The van der Waals surface area contributed by atoms with Crippen molar-refractivity contribution in [3.63, 3.8) is 0 Å². The van der Waals surface area contributed by atoms with Gasteiger partial charge in [0.2, 0.25) is 0 Å². The van der Waals surface area contributed by atoms with Crippen molar-refractivity contribution in [1.29, 1.82) is 0 Å². The van der Waals surface area contributed by atoms with Gasteiger partial charge in [-0.25, -0.2) is 0 Å². The summed E-state index contributed by atoms with van der Waals surface area (Å²) in [5.74, 6) is 1.16. The minimum Gasteiger partial charge on any atom is -0.491 e. The molecule has 1 aromatic carbocycles. The molecular formula is C12H16Cl2O2. The zero-order valence-corrected chi connectivity index (χ0v) is 11.0. The number of aliphatic hydroxyl groups excluding tert-OH is 1. The largest absolute Gasteiger partial charge is 0.491 e. The van der Waals surface area contributed by atoms with Crippen LogP contribution >= 0.6 is 23.2 Å². The quantitative estimate of drug-likeness (QED) is 0.826. The van der Waals surface area contributed by atoms with Gasteiger partial charge in [0.15, 0.2) is 0 Å². The standard InChI is InChI=1S/C12H16Cl2O2/c1-8-5-11(6-9(2)12(8)14)16-7-10(15)3-4-13/h5-6,10,15H,3-4,7H2,1-2H3. The summed E-state index contributed by atoms with van der Waals surface area (Å²) >= 11 is 11.6. The number of alkyl halides is 1. The lowest BCUT2D eigenvalue weighted by atomic mass is 10.1.